The Morgan fingerprint density at radius 3 is 2.04 bits per heavy atom. The largest absolute Gasteiger partial charge is 0.493 e. The number of Topliss-reactive ketones (excluding diaryl/α,β-unsaturated/α-hetero) is 2. The van der Waals surface area contributed by atoms with Crippen molar-refractivity contribution in [1.29, 1.82) is 0 Å². The topological polar surface area (TPSA) is 78.4 Å². The van der Waals surface area contributed by atoms with E-state index in [1.165, 1.54) is 25.6 Å². The van der Waals surface area contributed by atoms with E-state index in [-0.39, 0.29) is 11.6 Å². The molecule has 1 aromatic heterocycles. The van der Waals surface area contributed by atoms with E-state index < -0.39 is 0 Å². The summed E-state index contributed by atoms with van der Waals surface area (Å²) in [4.78, 5) is 29.3. The molecule has 0 fully saturated rings. The van der Waals surface area contributed by atoms with Gasteiger partial charge in [0.15, 0.2) is 23.1 Å². The average Bonchev–Trinajstić information content (AvgIpc) is 2.61. The van der Waals surface area contributed by atoms with E-state index in [9.17, 15) is 9.59 Å². The predicted octanol–water partition coefficient (Wildman–Crippen LogP) is 2.98. The van der Waals surface area contributed by atoms with E-state index in [0.717, 1.165) is 0 Å². The Labute approximate surface area is 135 Å². The third-order valence-corrected chi connectivity index (χ3v) is 2.99. The molecule has 6 nitrogen and oxygen atoms in total. The number of methoxy groups -OCH3 is 2. The van der Waals surface area contributed by atoms with Crippen molar-refractivity contribution in [3.63, 3.8) is 0 Å². The van der Waals surface area contributed by atoms with Gasteiger partial charge in [0.25, 0.3) is 0 Å². The van der Waals surface area contributed by atoms with Crippen molar-refractivity contribution < 1.29 is 19.1 Å². The summed E-state index contributed by atoms with van der Waals surface area (Å²) in [6, 6.07) is 5.18. The number of rotatable bonds is 5. The Bertz CT molecular complexity index is 657. The fourth-order valence-corrected chi connectivity index (χ4v) is 1.69. The van der Waals surface area contributed by atoms with Crippen LogP contribution in [-0.4, -0.2) is 35.8 Å². The lowest BCUT2D eigenvalue weighted by Crippen LogP contribution is -1.98. The van der Waals surface area contributed by atoms with E-state index >= 15 is 0 Å². The van der Waals surface area contributed by atoms with Gasteiger partial charge in [0.1, 0.15) is 6.33 Å². The van der Waals surface area contributed by atoms with Gasteiger partial charge in [-0.25, -0.2) is 9.97 Å². The first-order valence-electron chi connectivity index (χ1n) is 7.04. The van der Waals surface area contributed by atoms with Crippen LogP contribution >= 0.6 is 0 Å². The second-order valence-corrected chi connectivity index (χ2v) is 4.53. The van der Waals surface area contributed by atoms with E-state index in [1.807, 2.05) is 6.92 Å². The summed E-state index contributed by atoms with van der Waals surface area (Å²) in [5.74, 6) is 1.33. The van der Waals surface area contributed by atoms with E-state index in [4.69, 9.17) is 9.47 Å². The Morgan fingerprint density at radius 1 is 1.00 bits per heavy atom. The van der Waals surface area contributed by atoms with Crippen LogP contribution < -0.4 is 9.47 Å². The quantitative estimate of drug-likeness (QED) is 0.789. The molecule has 122 valence electrons. The highest BCUT2D eigenvalue weighted by Gasteiger charge is 2.08. The number of carbonyl (C=O) groups is 2. The molecule has 0 radical (unpaired) electrons. The van der Waals surface area contributed by atoms with E-state index in [1.54, 1.807) is 32.4 Å². The summed E-state index contributed by atoms with van der Waals surface area (Å²) in [7, 11) is 3.12. The van der Waals surface area contributed by atoms with Crippen LogP contribution in [0.4, 0.5) is 0 Å². The van der Waals surface area contributed by atoms with Crippen LogP contribution in [0.25, 0.3) is 0 Å². The smallest absolute Gasteiger partial charge is 0.162 e. The van der Waals surface area contributed by atoms with Gasteiger partial charge in [0, 0.05) is 24.4 Å². The summed E-state index contributed by atoms with van der Waals surface area (Å²) in [5.41, 5.74) is 1.21. The summed E-state index contributed by atoms with van der Waals surface area (Å²) >= 11 is 0. The molecule has 0 N–H and O–H groups in total. The van der Waals surface area contributed by atoms with E-state index in [2.05, 4.69) is 9.97 Å². The van der Waals surface area contributed by atoms with Gasteiger partial charge in [-0.15, -0.1) is 0 Å². The van der Waals surface area contributed by atoms with Crippen molar-refractivity contribution in [1.82, 2.24) is 9.97 Å². The van der Waals surface area contributed by atoms with Crippen LogP contribution in [0, 0.1) is 0 Å². The molecule has 0 saturated carbocycles. The fourth-order valence-electron chi connectivity index (χ4n) is 1.69. The number of benzene rings is 1. The Kier molecular flexibility index (Phi) is 7.39. The summed E-state index contributed by atoms with van der Waals surface area (Å²) < 4.78 is 10.2. The molecule has 6 heteroatoms. The van der Waals surface area contributed by atoms with Crippen LogP contribution in [0.3, 0.4) is 0 Å². The summed E-state index contributed by atoms with van der Waals surface area (Å²) in [6.45, 7) is 3.32. The normalized spacial score (nSPS) is 9.39. The first-order chi connectivity index (χ1) is 11.0. The summed E-state index contributed by atoms with van der Waals surface area (Å²) in [5, 5.41) is 0. The third kappa shape index (κ3) is 5.50. The molecule has 23 heavy (non-hydrogen) atoms. The van der Waals surface area contributed by atoms with Gasteiger partial charge >= 0.3 is 0 Å². The molecule has 0 amide bonds. The third-order valence-electron chi connectivity index (χ3n) is 2.99. The minimum atomic E-state index is -0.00407. The van der Waals surface area contributed by atoms with Gasteiger partial charge < -0.3 is 9.47 Å². The second-order valence-electron chi connectivity index (χ2n) is 4.53. The van der Waals surface area contributed by atoms with Gasteiger partial charge in [-0.05, 0) is 25.1 Å². The Balaban J connectivity index is 0.000000253. The number of ketones is 2. The maximum atomic E-state index is 11.4. The standard InChI is InChI=1S/C11H14O3.C6H6N2O/c1-4-9(12)8-5-6-10(13-2)11(7-8)14-3;1-5(9)6-2-7-4-8-3-6/h5-7H,4H2,1-3H3;2-4H,1H3. The number of aromatic nitrogens is 2. The first kappa shape index (κ1) is 18.3. The maximum absolute atomic E-state index is 11.4. The van der Waals surface area contributed by atoms with Crippen LogP contribution in [-0.2, 0) is 0 Å². The minimum Gasteiger partial charge on any atom is -0.493 e. The number of carbonyl (C=O) groups excluding carboxylic acids is 2. The molecule has 1 heterocycles. The molecule has 0 aliphatic heterocycles. The molecule has 0 aliphatic rings. The zero-order chi connectivity index (χ0) is 17.2. The minimum absolute atomic E-state index is 0.00407. The molecule has 0 atom stereocenters. The molecule has 2 aromatic rings. The first-order valence-corrected chi connectivity index (χ1v) is 7.04. The molecule has 1 aromatic carbocycles. The maximum Gasteiger partial charge on any atom is 0.162 e. The van der Waals surface area contributed by atoms with Crippen molar-refractivity contribution in [2.75, 3.05) is 14.2 Å². The van der Waals surface area contributed by atoms with Crippen LogP contribution in [0.1, 0.15) is 41.0 Å². The number of ether oxygens (including phenoxy) is 2. The number of nitrogens with zero attached hydrogens (tertiary/aromatic N) is 2. The lowest BCUT2D eigenvalue weighted by Gasteiger charge is -2.08. The SMILES string of the molecule is CC(=O)c1cncnc1.CCC(=O)c1ccc(OC)c(OC)c1. The van der Waals surface area contributed by atoms with Gasteiger partial charge in [-0.3, -0.25) is 9.59 Å². The molecular formula is C17H20N2O4. The van der Waals surface area contributed by atoms with Gasteiger partial charge in [-0.1, -0.05) is 6.92 Å². The van der Waals surface area contributed by atoms with Crippen molar-refractivity contribution in [3.05, 3.63) is 48.0 Å². The van der Waals surface area contributed by atoms with Crippen molar-refractivity contribution >= 4 is 11.6 Å². The second kappa shape index (κ2) is 9.30. The molecular weight excluding hydrogens is 296 g/mol. The molecule has 0 saturated heterocycles. The number of hydrogen-bond donors (Lipinski definition) is 0. The molecule has 0 aliphatic carbocycles. The monoisotopic (exact) mass is 316 g/mol. The Hall–Kier alpha value is -2.76. The molecule has 2 rings (SSSR count). The molecule has 0 spiro atoms. The lowest BCUT2D eigenvalue weighted by atomic mass is 10.1. The van der Waals surface area contributed by atoms with Crippen molar-refractivity contribution in [2.45, 2.75) is 20.3 Å². The van der Waals surface area contributed by atoms with Gasteiger partial charge in [0.05, 0.1) is 19.8 Å². The fraction of sp³-hybridized carbons (Fsp3) is 0.294. The van der Waals surface area contributed by atoms with Gasteiger partial charge in [0.2, 0.25) is 0 Å². The highest BCUT2D eigenvalue weighted by molar-refractivity contribution is 5.96. The Morgan fingerprint density at radius 2 is 1.61 bits per heavy atom. The average molecular weight is 316 g/mol. The van der Waals surface area contributed by atoms with Crippen LogP contribution in [0.2, 0.25) is 0 Å². The lowest BCUT2D eigenvalue weighted by molar-refractivity contribution is 0.0985. The highest BCUT2D eigenvalue weighted by atomic mass is 16.5. The van der Waals surface area contributed by atoms with Crippen molar-refractivity contribution in [3.8, 4) is 11.5 Å². The molecule has 0 unspecified atom stereocenters. The highest BCUT2D eigenvalue weighted by Crippen LogP contribution is 2.27. The predicted molar refractivity (Wildman–Crippen MR) is 86.2 cm³/mol. The summed E-state index contributed by atoms with van der Waals surface area (Å²) in [6.07, 6.45) is 4.88. The molecule has 0 bridgehead atoms. The number of hydrogen-bond acceptors (Lipinski definition) is 6. The zero-order valence-corrected chi connectivity index (χ0v) is 13.7. The van der Waals surface area contributed by atoms with Crippen LogP contribution in [0.5, 0.6) is 11.5 Å². The zero-order valence-electron chi connectivity index (χ0n) is 13.7. The van der Waals surface area contributed by atoms with E-state index in [0.29, 0.717) is 29.0 Å². The van der Waals surface area contributed by atoms with Crippen molar-refractivity contribution in [2.24, 2.45) is 0 Å². The van der Waals surface area contributed by atoms with Crippen LogP contribution in [0.15, 0.2) is 36.9 Å². The van der Waals surface area contributed by atoms with Gasteiger partial charge in [-0.2, -0.15) is 0 Å².